The first-order chi connectivity index (χ1) is 13.5. The van der Waals surface area contributed by atoms with Gasteiger partial charge in [-0.25, -0.2) is 4.39 Å². The van der Waals surface area contributed by atoms with Gasteiger partial charge < -0.3 is 24.2 Å². The van der Waals surface area contributed by atoms with E-state index < -0.39 is 5.79 Å². The third kappa shape index (κ3) is 4.12. The lowest BCUT2D eigenvalue weighted by Crippen LogP contribution is -2.51. The van der Waals surface area contributed by atoms with Crippen molar-refractivity contribution in [1.29, 1.82) is 0 Å². The molecule has 7 nitrogen and oxygen atoms in total. The predicted molar refractivity (Wildman–Crippen MR) is 100 cm³/mol. The van der Waals surface area contributed by atoms with Crippen molar-refractivity contribution in [3.05, 3.63) is 30.1 Å². The van der Waals surface area contributed by atoms with Gasteiger partial charge in [0.1, 0.15) is 12.2 Å². The number of ether oxygens (including phenoxy) is 2. The van der Waals surface area contributed by atoms with Gasteiger partial charge in [-0.3, -0.25) is 9.59 Å². The second-order valence-electron chi connectivity index (χ2n) is 7.51. The van der Waals surface area contributed by atoms with Crippen LogP contribution in [0.4, 0.5) is 10.1 Å². The molecule has 3 heterocycles. The largest absolute Gasteiger partial charge is 0.368 e. The molecule has 0 radical (unpaired) electrons. The lowest BCUT2D eigenvalue weighted by Gasteiger charge is -2.38. The van der Waals surface area contributed by atoms with Crippen LogP contribution in [0.15, 0.2) is 24.3 Å². The molecule has 0 bridgehead atoms. The van der Waals surface area contributed by atoms with Crippen LogP contribution in [-0.2, 0) is 19.1 Å². The van der Waals surface area contributed by atoms with Crippen LogP contribution >= 0.6 is 0 Å². The number of rotatable bonds is 3. The van der Waals surface area contributed by atoms with Gasteiger partial charge in [-0.15, -0.1) is 0 Å². The van der Waals surface area contributed by atoms with Gasteiger partial charge >= 0.3 is 0 Å². The second kappa shape index (κ2) is 8.05. The fraction of sp³-hybridized carbons (Fsp3) is 0.600. The minimum Gasteiger partial charge on any atom is -0.368 e. The normalized spacial score (nSPS) is 22.0. The fourth-order valence-corrected chi connectivity index (χ4v) is 4.10. The smallest absolute Gasteiger partial charge is 0.232 e. The summed E-state index contributed by atoms with van der Waals surface area (Å²) in [7, 11) is 0. The Morgan fingerprint density at radius 2 is 1.39 bits per heavy atom. The number of hydrogen-bond donors (Lipinski definition) is 0. The summed E-state index contributed by atoms with van der Waals surface area (Å²) in [5.74, 6) is -1.03. The van der Waals surface area contributed by atoms with E-state index in [9.17, 15) is 14.0 Å². The number of amides is 2. The van der Waals surface area contributed by atoms with Crippen LogP contribution in [0.1, 0.15) is 19.3 Å². The van der Waals surface area contributed by atoms with E-state index in [1.165, 1.54) is 12.1 Å². The zero-order valence-electron chi connectivity index (χ0n) is 15.9. The summed E-state index contributed by atoms with van der Waals surface area (Å²) < 4.78 is 24.4. The monoisotopic (exact) mass is 391 g/mol. The van der Waals surface area contributed by atoms with Gasteiger partial charge in [-0.1, -0.05) is 0 Å². The minimum atomic E-state index is -0.516. The number of nitrogens with zero attached hydrogens (tertiary/aromatic N) is 3. The number of piperazine rings is 1. The Hall–Kier alpha value is -2.19. The first-order valence-corrected chi connectivity index (χ1v) is 9.89. The van der Waals surface area contributed by atoms with Gasteiger partial charge in [-0.05, 0) is 24.3 Å². The maximum atomic E-state index is 13.1. The van der Waals surface area contributed by atoms with Crippen molar-refractivity contribution >= 4 is 17.5 Å². The summed E-state index contributed by atoms with van der Waals surface area (Å²) in [5, 5.41) is 0. The van der Waals surface area contributed by atoms with Crippen molar-refractivity contribution in [3.8, 4) is 0 Å². The van der Waals surface area contributed by atoms with Crippen molar-refractivity contribution in [3.63, 3.8) is 0 Å². The highest BCUT2D eigenvalue weighted by atomic mass is 19.1. The third-order valence-corrected chi connectivity index (χ3v) is 5.82. The van der Waals surface area contributed by atoms with Gasteiger partial charge in [0.15, 0.2) is 5.79 Å². The summed E-state index contributed by atoms with van der Waals surface area (Å²) in [6, 6.07) is 6.38. The molecule has 1 aromatic carbocycles. The molecule has 0 aromatic heterocycles. The van der Waals surface area contributed by atoms with Crippen LogP contribution in [0.3, 0.4) is 0 Å². The van der Waals surface area contributed by atoms with Crippen LogP contribution in [0.5, 0.6) is 0 Å². The van der Waals surface area contributed by atoms with Crippen molar-refractivity contribution in [2.45, 2.75) is 25.0 Å². The van der Waals surface area contributed by atoms with Crippen LogP contribution < -0.4 is 4.90 Å². The average Bonchev–Trinajstić information content (AvgIpc) is 3.17. The number of benzene rings is 1. The quantitative estimate of drug-likeness (QED) is 0.726. The molecule has 4 rings (SSSR count). The third-order valence-electron chi connectivity index (χ3n) is 5.82. The standard InChI is InChI=1S/C20H26FN3O4/c21-16-1-3-17(4-2-16)22-9-11-24(12-10-22)19(26)15-18(25)23-7-5-20(6-8-23)27-13-14-28-20/h1-4H,5-15H2. The number of carbonyl (C=O) groups excluding carboxylic acids is 2. The minimum absolute atomic E-state index is 0.0920. The molecule has 0 N–H and O–H groups in total. The molecule has 1 spiro atoms. The van der Waals surface area contributed by atoms with Crippen LogP contribution in [0, 0.1) is 5.82 Å². The molecule has 3 fully saturated rings. The first kappa shape index (κ1) is 19.1. The molecular formula is C20H26FN3O4. The van der Waals surface area contributed by atoms with Crippen LogP contribution in [0.25, 0.3) is 0 Å². The number of halogens is 1. The Morgan fingerprint density at radius 3 is 1.96 bits per heavy atom. The molecule has 3 aliphatic heterocycles. The molecule has 2 amide bonds. The number of carbonyl (C=O) groups is 2. The molecular weight excluding hydrogens is 365 g/mol. The van der Waals surface area contributed by atoms with E-state index in [1.807, 2.05) is 0 Å². The van der Waals surface area contributed by atoms with E-state index in [1.54, 1.807) is 21.9 Å². The molecule has 152 valence electrons. The van der Waals surface area contributed by atoms with Crippen LogP contribution in [0.2, 0.25) is 0 Å². The average molecular weight is 391 g/mol. The summed E-state index contributed by atoms with van der Waals surface area (Å²) in [6.45, 7) is 4.81. The number of likely N-dealkylation sites (tertiary alicyclic amines) is 1. The van der Waals surface area contributed by atoms with Gasteiger partial charge in [-0.2, -0.15) is 0 Å². The molecule has 8 heteroatoms. The summed E-state index contributed by atoms with van der Waals surface area (Å²) in [4.78, 5) is 30.7. The van der Waals surface area contributed by atoms with E-state index in [0.29, 0.717) is 65.3 Å². The Balaban J connectivity index is 1.23. The molecule has 3 saturated heterocycles. The molecule has 1 aromatic rings. The summed E-state index contributed by atoms with van der Waals surface area (Å²) in [5.41, 5.74) is 0.947. The van der Waals surface area contributed by atoms with E-state index in [4.69, 9.17) is 9.47 Å². The fourth-order valence-electron chi connectivity index (χ4n) is 4.10. The zero-order valence-corrected chi connectivity index (χ0v) is 15.9. The van der Waals surface area contributed by atoms with Crippen molar-refractivity contribution in [2.24, 2.45) is 0 Å². The Morgan fingerprint density at radius 1 is 0.857 bits per heavy atom. The number of piperidine rings is 1. The van der Waals surface area contributed by atoms with Gasteiger partial charge in [0.25, 0.3) is 0 Å². The highest BCUT2D eigenvalue weighted by molar-refractivity contribution is 5.97. The van der Waals surface area contributed by atoms with E-state index in [-0.39, 0.29) is 24.1 Å². The zero-order chi connectivity index (χ0) is 19.6. The Kier molecular flexibility index (Phi) is 5.50. The topological polar surface area (TPSA) is 62.3 Å². The van der Waals surface area contributed by atoms with E-state index >= 15 is 0 Å². The van der Waals surface area contributed by atoms with Gasteiger partial charge in [0.05, 0.1) is 13.2 Å². The van der Waals surface area contributed by atoms with Gasteiger partial charge in [0, 0.05) is 57.8 Å². The summed E-state index contributed by atoms with van der Waals surface area (Å²) >= 11 is 0. The highest BCUT2D eigenvalue weighted by Crippen LogP contribution is 2.31. The molecule has 28 heavy (non-hydrogen) atoms. The lowest BCUT2D eigenvalue weighted by molar-refractivity contribution is -0.187. The molecule has 0 aliphatic carbocycles. The second-order valence-corrected chi connectivity index (χ2v) is 7.51. The van der Waals surface area contributed by atoms with E-state index in [0.717, 1.165) is 5.69 Å². The van der Waals surface area contributed by atoms with Crippen molar-refractivity contribution in [1.82, 2.24) is 9.80 Å². The maximum Gasteiger partial charge on any atom is 0.232 e. The molecule has 0 unspecified atom stereocenters. The predicted octanol–water partition coefficient (Wildman–Crippen LogP) is 1.23. The van der Waals surface area contributed by atoms with Crippen molar-refractivity contribution < 1.29 is 23.5 Å². The van der Waals surface area contributed by atoms with Crippen molar-refractivity contribution in [2.75, 3.05) is 57.4 Å². The highest BCUT2D eigenvalue weighted by Gasteiger charge is 2.41. The Labute approximate surface area is 164 Å². The van der Waals surface area contributed by atoms with Crippen LogP contribution in [-0.4, -0.2) is 79.9 Å². The maximum absolute atomic E-state index is 13.1. The Bertz CT molecular complexity index is 703. The van der Waals surface area contributed by atoms with E-state index in [2.05, 4.69) is 4.90 Å². The number of hydrogen-bond acceptors (Lipinski definition) is 5. The first-order valence-electron chi connectivity index (χ1n) is 9.89. The lowest BCUT2D eigenvalue weighted by atomic mass is 10.0. The number of anilines is 1. The van der Waals surface area contributed by atoms with Gasteiger partial charge in [0.2, 0.25) is 11.8 Å². The molecule has 3 aliphatic rings. The molecule has 0 saturated carbocycles. The SMILES string of the molecule is O=C(CC(=O)N1CCC2(CC1)OCCO2)N1CCN(c2ccc(F)cc2)CC1. The molecule has 0 atom stereocenters. The summed E-state index contributed by atoms with van der Waals surface area (Å²) in [6.07, 6.45) is 1.22.